The standard InChI is InChI=1S/C15H10ClNOS/c16-11-5-3-4-10(8-11)13(18)9-15-17-12-6-1-2-7-14(12)19-15/h1-8H,9H2. The van der Waals surface area contributed by atoms with Crippen LogP contribution in [-0.2, 0) is 6.42 Å². The van der Waals surface area contributed by atoms with Crippen molar-refractivity contribution in [3.05, 3.63) is 64.1 Å². The maximum absolute atomic E-state index is 12.2. The molecule has 2 aromatic carbocycles. The lowest BCUT2D eigenvalue weighted by molar-refractivity contribution is 0.0993. The lowest BCUT2D eigenvalue weighted by atomic mass is 10.1. The topological polar surface area (TPSA) is 30.0 Å². The summed E-state index contributed by atoms with van der Waals surface area (Å²) in [6, 6.07) is 14.9. The molecule has 0 spiro atoms. The molecule has 0 saturated heterocycles. The van der Waals surface area contributed by atoms with E-state index in [9.17, 15) is 4.79 Å². The molecule has 0 radical (unpaired) electrons. The van der Waals surface area contributed by atoms with Gasteiger partial charge in [-0.3, -0.25) is 4.79 Å². The van der Waals surface area contributed by atoms with Crippen molar-refractivity contribution in [3.8, 4) is 0 Å². The third-order valence-corrected chi connectivity index (χ3v) is 4.07. The van der Waals surface area contributed by atoms with Gasteiger partial charge in [0, 0.05) is 10.6 Å². The number of para-hydroxylation sites is 1. The molecule has 1 aromatic heterocycles. The predicted molar refractivity (Wildman–Crippen MR) is 79.1 cm³/mol. The molecular weight excluding hydrogens is 278 g/mol. The minimum Gasteiger partial charge on any atom is -0.294 e. The van der Waals surface area contributed by atoms with Gasteiger partial charge < -0.3 is 0 Å². The molecule has 0 fully saturated rings. The monoisotopic (exact) mass is 287 g/mol. The number of hydrogen-bond acceptors (Lipinski definition) is 3. The zero-order chi connectivity index (χ0) is 13.2. The summed E-state index contributed by atoms with van der Waals surface area (Å²) in [5.41, 5.74) is 1.58. The van der Waals surface area contributed by atoms with E-state index in [0.717, 1.165) is 15.2 Å². The summed E-state index contributed by atoms with van der Waals surface area (Å²) < 4.78 is 1.11. The number of carbonyl (C=O) groups is 1. The van der Waals surface area contributed by atoms with Gasteiger partial charge in [0.05, 0.1) is 16.6 Å². The Morgan fingerprint density at radius 3 is 2.79 bits per heavy atom. The van der Waals surface area contributed by atoms with Gasteiger partial charge in [-0.05, 0) is 24.3 Å². The number of fused-ring (bicyclic) bond motifs is 1. The van der Waals surface area contributed by atoms with Gasteiger partial charge in [-0.15, -0.1) is 11.3 Å². The smallest absolute Gasteiger partial charge is 0.169 e. The van der Waals surface area contributed by atoms with Gasteiger partial charge in [0.15, 0.2) is 5.78 Å². The van der Waals surface area contributed by atoms with Gasteiger partial charge in [0.25, 0.3) is 0 Å². The fraction of sp³-hybridized carbons (Fsp3) is 0.0667. The normalized spacial score (nSPS) is 10.8. The number of halogens is 1. The minimum atomic E-state index is 0.0431. The van der Waals surface area contributed by atoms with Crippen LogP contribution in [0, 0.1) is 0 Å². The second-order valence-electron chi connectivity index (χ2n) is 4.19. The van der Waals surface area contributed by atoms with E-state index in [0.29, 0.717) is 17.0 Å². The summed E-state index contributed by atoms with van der Waals surface area (Å²) in [5.74, 6) is 0.0431. The number of rotatable bonds is 3. The Morgan fingerprint density at radius 1 is 1.16 bits per heavy atom. The molecule has 0 N–H and O–H groups in total. The molecule has 0 aliphatic carbocycles. The van der Waals surface area contributed by atoms with Gasteiger partial charge in [-0.2, -0.15) is 0 Å². The van der Waals surface area contributed by atoms with Crippen molar-refractivity contribution in [2.24, 2.45) is 0 Å². The highest BCUT2D eigenvalue weighted by Crippen LogP contribution is 2.23. The lowest BCUT2D eigenvalue weighted by Gasteiger charge is -1.98. The maximum Gasteiger partial charge on any atom is 0.169 e. The van der Waals surface area contributed by atoms with Crippen LogP contribution in [0.4, 0.5) is 0 Å². The average molecular weight is 288 g/mol. The van der Waals surface area contributed by atoms with Gasteiger partial charge in [0.1, 0.15) is 5.01 Å². The largest absolute Gasteiger partial charge is 0.294 e. The maximum atomic E-state index is 12.2. The summed E-state index contributed by atoms with van der Waals surface area (Å²) in [6.45, 7) is 0. The molecule has 19 heavy (non-hydrogen) atoms. The lowest BCUT2D eigenvalue weighted by Crippen LogP contribution is -2.02. The third kappa shape index (κ3) is 2.67. The molecule has 0 atom stereocenters. The Labute approximate surface area is 119 Å². The van der Waals surface area contributed by atoms with E-state index in [4.69, 9.17) is 11.6 Å². The van der Waals surface area contributed by atoms with Crippen LogP contribution < -0.4 is 0 Å². The number of aromatic nitrogens is 1. The molecular formula is C15H10ClNOS. The van der Waals surface area contributed by atoms with Crippen LogP contribution in [0.1, 0.15) is 15.4 Å². The first-order chi connectivity index (χ1) is 9.22. The Bertz CT molecular complexity index is 717. The van der Waals surface area contributed by atoms with Crippen LogP contribution >= 0.6 is 22.9 Å². The highest BCUT2D eigenvalue weighted by Gasteiger charge is 2.11. The van der Waals surface area contributed by atoms with Gasteiger partial charge in [-0.1, -0.05) is 35.9 Å². The first-order valence-corrected chi connectivity index (χ1v) is 7.05. The molecule has 1 heterocycles. The summed E-state index contributed by atoms with van der Waals surface area (Å²) in [6.07, 6.45) is 0.319. The molecule has 0 bridgehead atoms. The van der Waals surface area contributed by atoms with Crippen molar-refractivity contribution in [2.45, 2.75) is 6.42 Å². The number of thiazole rings is 1. The predicted octanol–water partition coefficient (Wildman–Crippen LogP) is 4.38. The van der Waals surface area contributed by atoms with Crippen LogP contribution in [0.25, 0.3) is 10.2 Å². The van der Waals surface area contributed by atoms with E-state index in [2.05, 4.69) is 4.98 Å². The molecule has 0 unspecified atom stereocenters. The third-order valence-electron chi connectivity index (χ3n) is 2.80. The molecule has 0 aliphatic rings. The quantitative estimate of drug-likeness (QED) is 0.669. The first kappa shape index (κ1) is 12.3. The summed E-state index contributed by atoms with van der Waals surface area (Å²) in [5, 5.41) is 1.42. The average Bonchev–Trinajstić information content (AvgIpc) is 2.80. The minimum absolute atomic E-state index is 0.0431. The van der Waals surface area contributed by atoms with Crippen LogP contribution in [-0.4, -0.2) is 10.8 Å². The van der Waals surface area contributed by atoms with Crippen molar-refractivity contribution < 1.29 is 4.79 Å². The second kappa shape index (κ2) is 5.11. The van der Waals surface area contributed by atoms with Gasteiger partial charge in [-0.25, -0.2) is 4.98 Å². The number of nitrogens with zero attached hydrogens (tertiary/aromatic N) is 1. The summed E-state index contributed by atoms with van der Waals surface area (Å²) in [4.78, 5) is 16.6. The van der Waals surface area contributed by atoms with E-state index >= 15 is 0 Å². The highest BCUT2D eigenvalue weighted by atomic mass is 35.5. The number of hydrogen-bond donors (Lipinski definition) is 0. The Kier molecular flexibility index (Phi) is 3.32. The van der Waals surface area contributed by atoms with E-state index < -0.39 is 0 Å². The van der Waals surface area contributed by atoms with Crippen LogP contribution in [0.15, 0.2) is 48.5 Å². The summed E-state index contributed by atoms with van der Waals surface area (Å²) >= 11 is 7.45. The van der Waals surface area contributed by atoms with Crippen molar-refractivity contribution >= 4 is 38.9 Å². The molecule has 0 saturated carbocycles. The molecule has 4 heteroatoms. The Balaban J connectivity index is 1.86. The summed E-state index contributed by atoms with van der Waals surface area (Å²) in [7, 11) is 0. The van der Waals surface area contributed by atoms with Gasteiger partial charge in [0.2, 0.25) is 0 Å². The van der Waals surface area contributed by atoms with Crippen molar-refractivity contribution in [2.75, 3.05) is 0 Å². The van der Waals surface area contributed by atoms with E-state index in [1.165, 1.54) is 0 Å². The molecule has 94 valence electrons. The number of Topliss-reactive ketones (excluding diaryl/α,β-unsaturated/α-hetero) is 1. The molecule has 2 nitrogen and oxygen atoms in total. The fourth-order valence-electron chi connectivity index (χ4n) is 1.90. The molecule has 0 amide bonds. The van der Waals surface area contributed by atoms with Crippen molar-refractivity contribution in [1.29, 1.82) is 0 Å². The highest BCUT2D eigenvalue weighted by molar-refractivity contribution is 7.18. The molecule has 3 aromatic rings. The van der Waals surface area contributed by atoms with E-state index in [1.807, 2.05) is 24.3 Å². The van der Waals surface area contributed by atoms with E-state index in [1.54, 1.807) is 35.6 Å². The first-order valence-electron chi connectivity index (χ1n) is 5.85. The van der Waals surface area contributed by atoms with Gasteiger partial charge >= 0.3 is 0 Å². The molecule has 3 rings (SSSR count). The van der Waals surface area contributed by atoms with Crippen molar-refractivity contribution in [3.63, 3.8) is 0 Å². The van der Waals surface area contributed by atoms with Crippen molar-refractivity contribution in [1.82, 2.24) is 4.98 Å². The van der Waals surface area contributed by atoms with Crippen LogP contribution in [0.2, 0.25) is 5.02 Å². The van der Waals surface area contributed by atoms with Crippen LogP contribution in [0.3, 0.4) is 0 Å². The Morgan fingerprint density at radius 2 is 2.00 bits per heavy atom. The second-order valence-corrected chi connectivity index (χ2v) is 5.74. The zero-order valence-corrected chi connectivity index (χ0v) is 11.5. The molecule has 0 aliphatic heterocycles. The Hall–Kier alpha value is -1.71. The fourth-order valence-corrected chi connectivity index (χ4v) is 3.05. The zero-order valence-electron chi connectivity index (χ0n) is 9.97. The van der Waals surface area contributed by atoms with E-state index in [-0.39, 0.29) is 5.78 Å². The number of carbonyl (C=O) groups excluding carboxylic acids is 1. The number of ketones is 1. The SMILES string of the molecule is O=C(Cc1nc2ccccc2s1)c1cccc(Cl)c1. The number of benzene rings is 2. The van der Waals surface area contributed by atoms with Crippen LogP contribution in [0.5, 0.6) is 0 Å².